The van der Waals surface area contributed by atoms with Crippen LogP contribution in [0.4, 0.5) is 0 Å². The van der Waals surface area contributed by atoms with E-state index in [2.05, 4.69) is 15.5 Å². The van der Waals surface area contributed by atoms with Crippen molar-refractivity contribution in [3.63, 3.8) is 0 Å². The van der Waals surface area contributed by atoms with Gasteiger partial charge in [0.1, 0.15) is 5.76 Å². The highest BCUT2D eigenvalue weighted by Crippen LogP contribution is 2.48. The second kappa shape index (κ2) is 5.22. The zero-order valence-corrected chi connectivity index (χ0v) is 14.2. The summed E-state index contributed by atoms with van der Waals surface area (Å²) in [5.74, 6) is 2.06. The van der Waals surface area contributed by atoms with Gasteiger partial charge in [0.25, 0.3) is 0 Å². The van der Waals surface area contributed by atoms with E-state index in [9.17, 15) is 4.79 Å². The van der Waals surface area contributed by atoms with Crippen molar-refractivity contribution in [3.05, 3.63) is 35.9 Å². The van der Waals surface area contributed by atoms with Crippen molar-refractivity contribution in [2.75, 3.05) is 0 Å². The van der Waals surface area contributed by atoms with E-state index in [-0.39, 0.29) is 23.2 Å². The summed E-state index contributed by atoms with van der Waals surface area (Å²) in [6.45, 7) is 9.79. The molecule has 3 rings (SSSR count). The van der Waals surface area contributed by atoms with Gasteiger partial charge in [-0.3, -0.25) is 4.79 Å². The van der Waals surface area contributed by atoms with Crippen molar-refractivity contribution in [1.29, 1.82) is 0 Å². The van der Waals surface area contributed by atoms with E-state index >= 15 is 0 Å². The number of carbonyl (C=O) groups is 1. The summed E-state index contributed by atoms with van der Waals surface area (Å²) in [4.78, 5) is 16.9. The molecule has 1 saturated carbocycles. The molecule has 0 saturated heterocycles. The Morgan fingerprint density at radius 3 is 2.61 bits per heavy atom. The lowest BCUT2D eigenvalue weighted by Crippen LogP contribution is -2.43. The molecule has 1 aliphatic carbocycles. The minimum atomic E-state index is -0.680. The maximum atomic E-state index is 12.5. The Hall–Kier alpha value is -2.11. The minimum Gasteiger partial charge on any atom is -0.469 e. The zero-order valence-electron chi connectivity index (χ0n) is 14.2. The summed E-state index contributed by atoms with van der Waals surface area (Å²) in [5.41, 5.74) is -0.896. The third-order valence-electron chi connectivity index (χ3n) is 4.10. The first-order chi connectivity index (χ1) is 10.7. The Morgan fingerprint density at radius 1 is 1.30 bits per heavy atom. The number of hydrogen-bond acceptors (Lipinski definition) is 5. The van der Waals surface area contributed by atoms with Crippen LogP contribution in [0.25, 0.3) is 0 Å². The van der Waals surface area contributed by atoms with Gasteiger partial charge >= 0.3 is 0 Å². The predicted octanol–water partition coefficient (Wildman–Crippen LogP) is 3.12. The van der Waals surface area contributed by atoms with Gasteiger partial charge in [0, 0.05) is 17.3 Å². The van der Waals surface area contributed by atoms with Crippen LogP contribution < -0.4 is 5.32 Å². The summed E-state index contributed by atoms with van der Waals surface area (Å²) in [6.07, 6.45) is 2.45. The number of amides is 1. The summed E-state index contributed by atoms with van der Waals surface area (Å²) in [6, 6.07) is 3.76. The molecule has 6 heteroatoms. The SMILES string of the molecule is CC(C)(C)c1nc(C(C)(C)NC(=O)[C@@H]2C[C@@H]2c2ccco2)no1. The number of hydrogen-bond donors (Lipinski definition) is 1. The molecule has 23 heavy (non-hydrogen) atoms. The smallest absolute Gasteiger partial charge is 0.232 e. The van der Waals surface area contributed by atoms with Crippen LogP contribution in [0.1, 0.15) is 64.4 Å². The molecule has 2 aromatic heterocycles. The monoisotopic (exact) mass is 317 g/mol. The number of aromatic nitrogens is 2. The maximum Gasteiger partial charge on any atom is 0.232 e. The van der Waals surface area contributed by atoms with Crippen molar-refractivity contribution < 1.29 is 13.7 Å². The van der Waals surface area contributed by atoms with Crippen LogP contribution in [0.2, 0.25) is 0 Å². The Kier molecular flexibility index (Phi) is 3.58. The van der Waals surface area contributed by atoms with Crippen molar-refractivity contribution in [2.45, 2.75) is 57.9 Å². The van der Waals surface area contributed by atoms with Gasteiger partial charge in [-0.1, -0.05) is 25.9 Å². The number of furan rings is 1. The maximum absolute atomic E-state index is 12.5. The van der Waals surface area contributed by atoms with Gasteiger partial charge in [-0.2, -0.15) is 4.98 Å². The average Bonchev–Trinajstić information content (AvgIpc) is 2.91. The lowest BCUT2D eigenvalue weighted by molar-refractivity contribution is -0.124. The van der Waals surface area contributed by atoms with Crippen molar-refractivity contribution in [1.82, 2.24) is 15.5 Å². The van der Waals surface area contributed by atoms with Crippen LogP contribution in [-0.4, -0.2) is 16.0 Å². The molecule has 0 unspecified atom stereocenters. The lowest BCUT2D eigenvalue weighted by atomic mass is 9.97. The van der Waals surface area contributed by atoms with E-state index in [1.54, 1.807) is 6.26 Å². The highest BCUT2D eigenvalue weighted by atomic mass is 16.5. The van der Waals surface area contributed by atoms with E-state index in [1.807, 2.05) is 46.8 Å². The van der Waals surface area contributed by atoms with Crippen LogP contribution in [0.3, 0.4) is 0 Å². The van der Waals surface area contributed by atoms with E-state index in [0.717, 1.165) is 12.2 Å². The molecule has 0 bridgehead atoms. The largest absolute Gasteiger partial charge is 0.469 e. The van der Waals surface area contributed by atoms with E-state index in [4.69, 9.17) is 8.94 Å². The highest BCUT2D eigenvalue weighted by molar-refractivity contribution is 5.83. The molecular formula is C17H23N3O3. The number of rotatable bonds is 4. The fourth-order valence-corrected chi connectivity index (χ4v) is 2.54. The fourth-order valence-electron chi connectivity index (χ4n) is 2.54. The van der Waals surface area contributed by atoms with E-state index in [0.29, 0.717) is 11.7 Å². The van der Waals surface area contributed by atoms with Gasteiger partial charge in [0.2, 0.25) is 11.8 Å². The zero-order chi connectivity index (χ0) is 16.8. The van der Waals surface area contributed by atoms with Crippen LogP contribution in [0.5, 0.6) is 0 Å². The molecule has 2 heterocycles. The Bertz CT molecular complexity index is 695. The summed E-state index contributed by atoms with van der Waals surface area (Å²) < 4.78 is 10.7. The first kappa shape index (κ1) is 15.8. The number of nitrogens with zero attached hydrogens (tertiary/aromatic N) is 2. The third kappa shape index (κ3) is 3.16. The van der Waals surface area contributed by atoms with Gasteiger partial charge in [-0.05, 0) is 32.4 Å². The first-order valence-corrected chi connectivity index (χ1v) is 7.88. The lowest BCUT2D eigenvalue weighted by Gasteiger charge is -2.22. The molecule has 0 radical (unpaired) electrons. The molecule has 1 amide bonds. The van der Waals surface area contributed by atoms with Gasteiger partial charge in [-0.15, -0.1) is 0 Å². The topological polar surface area (TPSA) is 81.2 Å². The number of nitrogens with one attached hydrogen (secondary N) is 1. The number of carbonyl (C=O) groups excluding carboxylic acids is 1. The molecule has 2 aromatic rings. The van der Waals surface area contributed by atoms with Gasteiger partial charge in [0.15, 0.2) is 5.82 Å². The summed E-state index contributed by atoms with van der Waals surface area (Å²) in [5, 5.41) is 7.06. The van der Waals surface area contributed by atoms with Crippen molar-refractivity contribution in [3.8, 4) is 0 Å². The predicted molar refractivity (Wildman–Crippen MR) is 83.7 cm³/mol. The van der Waals surface area contributed by atoms with Gasteiger partial charge < -0.3 is 14.3 Å². The summed E-state index contributed by atoms with van der Waals surface area (Å²) in [7, 11) is 0. The molecule has 1 N–H and O–H groups in total. The highest BCUT2D eigenvalue weighted by Gasteiger charge is 2.47. The van der Waals surface area contributed by atoms with E-state index < -0.39 is 5.54 Å². The Morgan fingerprint density at radius 2 is 2.04 bits per heavy atom. The minimum absolute atomic E-state index is 0.00138. The second-order valence-electron chi connectivity index (χ2n) is 7.75. The molecule has 0 aliphatic heterocycles. The van der Waals surface area contributed by atoms with E-state index in [1.165, 1.54) is 0 Å². The second-order valence-corrected chi connectivity index (χ2v) is 7.75. The quantitative estimate of drug-likeness (QED) is 0.937. The Balaban J connectivity index is 1.67. The molecule has 2 atom stereocenters. The van der Waals surface area contributed by atoms with Crippen LogP contribution >= 0.6 is 0 Å². The molecule has 6 nitrogen and oxygen atoms in total. The van der Waals surface area contributed by atoms with Gasteiger partial charge in [-0.25, -0.2) is 0 Å². The molecule has 1 fully saturated rings. The van der Waals surface area contributed by atoms with Crippen LogP contribution in [-0.2, 0) is 15.7 Å². The Labute approximate surface area is 135 Å². The third-order valence-corrected chi connectivity index (χ3v) is 4.10. The van der Waals surface area contributed by atoms with Gasteiger partial charge in [0.05, 0.1) is 11.8 Å². The van der Waals surface area contributed by atoms with Crippen LogP contribution in [0, 0.1) is 5.92 Å². The van der Waals surface area contributed by atoms with Crippen LogP contribution in [0.15, 0.2) is 27.3 Å². The molecule has 1 aliphatic rings. The van der Waals surface area contributed by atoms with Crippen molar-refractivity contribution in [2.24, 2.45) is 5.92 Å². The average molecular weight is 317 g/mol. The normalized spacial score (nSPS) is 21.3. The fraction of sp³-hybridized carbons (Fsp3) is 0.588. The summed E-state index contributed by atoms with van der Waals surface area (Å²) >= 11 is 0. The molecular weight excluding hydrogens is 294 g/mol. The molecule has 0 spiro atoms. The van der Waals surface area contributed by atoms with Crippen molar-refractivity contribution >= 4 is 5.91 Å². The first-order valence-electron chi connectivity index (χ1n) is 7.88. The standard InChI is InChI=1S/C17H23N3O3/c1-16(2,3)15-18-14(20-23-15)17(4,5)19-13(21)11-9-10(11)12-7-6-8-22-12/h6-8,10-11H,9H2,1-5H3,(H,19,21)/t10-,11+/m0/s1. The molecule has 0 aromatic carbocycles. The molecule has 124 valence electrons.